The molecule has 1 fully saturated rings. The second kappa shape index (κ2) is 6.51. The molecule has 20 heavy (non-hydrogen) atoms. The second-order valence-corrected chi connectivity index (χ2v) is 4.93. The van der Waals surface area contributed by atoms with Crippen molar-refractivity contribution in [1.29, 1.82) is 0 Å². The van der Waals surface area contributed by atoms with E-state index in [0.29, 0.717) is 32.6 Å². The van der Waals surface area contributed by atoms with Gasteiger partial charge in [-0.3, -0.25) is 14.3 Å². The Morgan fingerprint density at radius 3 is 3.00 bits per heavy atom. The second-order valence-electron chi connectivity index (χ2n) is 4.93. The summed E-state index contributed by atoms with van der Waals surface area (Å²) in [5, 5.41) is 9.96. The molecule has 2 amide bonds. The van der Waals surface area contributed by atoms with E-state index in [1.54, 1.807) is 16.6 Å². The number of carbonyl (C=O) groups excluding carboxylic acids is 2. The minimum atomic E-state index is -0.315. The van der Waals surface area contributed by atoms with Crippen molar-refractivity contribution in [3.63, 3.8) is 0 Å². The lowest BCUT2D eigenvalue weighted by atomic mass is 10.2. The highest BCUT2D eigenvalue weighted by Crippen LogP contribution is 2.04. The molecular weight excluding hydrogens is 258 g/mol. The minimum Gasteiger partial charge on any atom is -0.358 e. The molecule has 1 atom stereocenters. The number of piperazine rings is 1. The van der Waals surface area contributed by atoms with Gasteiger partial charge in [-0.05, 0) is 13.0 Å². The predicted molar refractivity (Wildman–Crippen MR) is 74.0 cm³/mol. The molecule has 7 heteroatoms. The summed E-state index contributed by atoms with van der Waals surface area (Å²) in [6.07, 6.45) is 2.27. The molecule has 1 aliphatic heterocycles. The van der Waals surface area contributed by atoms with E-state index in [-0.39, 0.29) is 17.9 Å². The van der Waals surface area contributed by atoms with Crippen LogP contribution in [0.15, 0.2) is 12.3 Å². The van der Waals surface area contributed by atoms with Crippen LogP contribution in [0.2, 0.25) is 0 Å². The number of nitrogens with zero attached hydrogens (tertiary/aromatic N) is 3. The molecular formula is C13H21N5O2. The number of aryl methyl sites for hydroxylation is 2. The Kier molecular flexibility index (Phi) is 4.73. The Labute approximate surface area is 118 Å². The van der Waals surface area contributed by atoms with Gasteiger partial charge in [0.25, 0.3) is 0 Å². The third-order valence-electron chi connectivity index (χ3n) is 3.42. The lowest BCUT2D eigenvalue weighted by Gasteiger charge is -2.32. The molecule has 110 valence electrons. The Balaban J connectivity index is 1.84. The van der Waals surface area contributed by atoms with Crippen LogP contribution < -0.4 is 10.6 Å². The summed E-state index contributed by atoms with van der Waals surface area (Å²) in [6.45, 7) is 4.20. The van der Waals surface area contributed by atoms with Gasteiger partial charge in [-0.1, -0.05) is 0 Å². The number of likely N-dealkylation sites (N-methyl/N-ethyl adjacent to an activating group) is 1. The molecule has 1 saturated heterocycles. The number of nitrogens with one attached hydrogen (secondary N) is 2. The summed E-state index contributed by atoms with van der Waals surface area (Å²) in [4.78, 5) is 25.5. The number of hydrogen-bond acceptors (Lipinski definition) is 4. The molecule has 0 saturated carbocycles. The molecule has 2 rings (SSSR count). The van der Waals surface area contributed by atoms with Crippen LogP contribution in [0.3, 0.4) is 0 Å². The molecule has 0 spiro atoms. The van der Waals surface area contributed by atoms with Crippen LogP contribution in [0, 0.1) is 6.92 Å². The Bertz CT molecular complexity index is 485. The lowest BCUT2D eigenvalue weighted by molar-refractivity contribution is -0.134. The van der Waals surface area contributed by atoms with Crippen molar-refractivity contribution in [3.8, 4) is 0 Å². The molecule has 0 unspecified atom stereocenters. The standard InChI is InChI=1S/C13H21N5O2/c1-10-3-6-18(16-10)7-4-12(19)17-8-5-15-11(9-17)13(20)14-2/h3,6,11,15H,4-5,7-9H2,1-2H3,(H,14,20)/t11-/m1/s1. The predicted octanol–water partition coefficient (Wildman–Crippen LogP) is -0.872. The van der Waals surface area contributed by atoms with Crippen molar-refractivity contribution in [2.75, 3.05) is 26.7 Å². The maximum absolute atomic E-state index is 12.2. The number of aromatic nitrogens is 2. The van der Waals surface area contributed by atoms with Crippen LogP contribution in [0.4, 0.5) is 0 Å². The maximum Gasteiger partial charge on any atom is 0.238 e. The van der Waals surface area contributed by atoms with E-state index in [1.165, 1.54) is 0 Å². The number of hydrogen-bond donors (Lipinski definition) is 2. The van der Waals surface area contributed by atoms with Crippen molar-refractivity contribution >= 4 is 11.8 Å². The van der Waals surface area contributed by atoms with E-state index in [1.807, 2.05) is 19.2 Å². The van der Waals surface area contributed by atoms with Gasteiger partial charge in [-0.15, -0.1) is 0 Å². The molecule has 1 aromatic heterocycles. The average molecular weight is 279 g/mol. The third-order valence-corrected chi connectivity index (χ3v) is 3.42. The van der Waals surface area contributed by atoms with Gasteiger partial charge in [-0.25, -0.2) is 0 Å². The van der Waals surface area contributed by atoms with Crippen LogP contribution in [0.1, 0.15) is 12.1 Å². The van der Waals surface area contributed by atoms with Crippen molar-refractivity contribution in [3.05, 3.63) is 18.0 Å². The maximum atomic E-state index is 12.2. The van der Waals surface area contributed by atoms with Crippen LogP contribution in [-0.4, -0.2) is 59.2 Å². The Morgan fingerprint density at radius 1 is 1.55 bits per heavy atom. The molecule has 7 nitrogen and oxygen atoms in total. The van der Waals surface area contributed by atoms with Gasteiger partial charge >= 0.3 is 0 Å². The first-order valence-corrected chi connectivity index (χ1v) is 6.83. The highest BCUT2D eigenvalue weighted by molar-refractivity contribution is 5.83. The topological polar surface area (TPSA) is 79.3 Å². The molecule has 0 radical (unpaired) electrons. The van der Waals surface area contributed by atoms with Crippen molar-refractivity contribution in [1.82, 2.24) is 25.3 Å². The van der Waals surface area contributed by atoms with Gasteiger partial charge in [0.1, 0.15) is 6.04 Å². The van der Waals surface area contributed by atoms with Gasteiger partial charge in [0.15, 0.2) is 0 Å². The van der Waals surface area contributed by atoms with Crippen LogP contribution >= 0.6 is 0 Å². The van der Waals surface area contributed by atoms with E-state index in [2.05, 4.69) is 15.7 Å². The minimum absolute atomic E-state index is 0.0635. The molecule has 1 aliphatic rings. The fourth-order valence-corrected chi connectivity index (χ4v) is 2.28. The number of rotatable bonds is 4. The molecule has 1 aromatic rings. The molecule has 0 aromatic carbocycles. The SMILES string of the molecule is CNC(=O)[C@H]1CN(C(=O)CCn2ccc(C)n2)CCN1. The molecule has 2 N–H and O–H groups in total. The molecule has 0 bridgehead atoms. The normalized spacial score (nSPS) is 18.9. The molecule has 2 heterocycles. The summed E-state index contributed by atoms with van der Waals surface area (Å²) in [6, 6.07) is 1.60. The van der Waals surface area contributed by atoms with Crippen LogP contribution in [0.25, 0.3) is 0 Å². The van der Waals surface area contributed by atoms with Gasteiger partial charge in [0, 0.05) is 45.8 Å². The summed E-state index contributed by atoms with van der Waals surface area (Å²) < 4.78 is 1.77. The first kappa shape index (κ1) is 14.5. The smallest absolute Gasteiger partial charge is 0.238 e. The van der Waals surface area contributed by atoms with Gasteiger partial charge in [-0.2, -0.15) is 5.10 Å². The van der Waals surface area contributed by atoms with Crippen molar-refractivity contribution < 1.29 is 9.59 Å². The Hall–Kier alpha value is -1.89. The van der Waals surface area contributed by atoms with Crippen LogP contribution in [-0.2, 0) is 16.1 Å². The quantitative estimate of drug-likeness (QED) is 0.751. The number of carbonyl (C=O) groups is 2. The third kappa shape index (κ3) is 3.57. The van der Waals surface area contributed by atoms with Gasteiger partial charge in [0.2, 0.25) is 11.8 Å². The van der Waals surface area contributed by atoms with E-state index in [4.69, 9.17) is 0 Å². The summed E-state index contributed by atoms with van der Waals surface area (Å²) in [5.74, 6) is -0.0150. The zero-order chi connectivity index (χ0) is 14.5. The van der Waals surface area contributed by atoms with Gasteiger partial charge in [0.05, 0.1) is 5.69 Å². The summed E-state index contributed by atoms with van der Waals surface area (Å²) in [5.41, 5.74) is 0.944. The zero-order valence-corrected chi connectivity index (χ0v) is 11.9. The van der Waals surface area contributed by atoms with E-state index in [0.717, 1.165) is 5.69 Å². The van der Waals surface area contributed by atoms with E-state index < -0.39 is 0 Å². The van der Waals surface area contributed by atoms with Crippen molar-refractivity contribution in [2.45, 2.75) is 25.9 Å². The van der Waals surface area contributed by atoms with E-state index >= 15 is 0 Å². The largest absolute Gasteiger partial charge is 0.358 e. The van der Waals surface area contributed by atoms with E-state index in [9.17, 15) is 9.59 Å². The lowest BCUT2D eigenvalue weighted by Crippen LogP contribution is -2.58. The zero-order valence-electron chi connectivity index (χ0n) is 11.9. The monoisotopic (exact) mass is 279 g/mol. The highest BCUT2D eigenvalue weighted by Gasteiger charge is 2.26. The summed E-state index contributed by atoms with van der Waals surface area (Å²) >= 11 is 0. The highest BCUT2D eigenvalue weighted by atomic mass is 16.2. The average Bonchev–Trinajstić information content (AvgIpc) is 2.89. The molecule has 0 aliphatic carbocycles. The van der Waals surface area contributed by atoms with Gasteiger partial charge < -0.3 is 15.5 Å². The fourth-order valence-electron chi connectivity index (χ4n) is 2.28. The fraction of sp³-hybridized carbons (Fsp3) is 0.615. The first-order chi connectivity index (χ1) is 9.60. The summed E-state index contributed by atoms with van der Waals surface area (Å²) in [7, 11) is 1.60. The number of amides is 2. The van der Waals surface area contributed by atoms with Crippen molar-refractivity contribution in [2.24, 2.45) is 0 Å². The first-order valence-electron chi connectivity index (χ1n) is 6.83. The Morgan fingerprint density at radius 2 is 2.35 bits per heavy atom. The van der Waals surface area contributed by atoms with Crippen LogP contribution in [0.5, 0.6) is 0 Å².